The zero-order chi connectivity index (χ0) is 10.9. The molecule has 1 atom stereocenters. The average molecular weight is 202 g/mol. The zero-order valence-electron chi connectivity index (χ0n) is 7.29. The number of carboxylic acid groups (broad SMARTS) is 1. The Balaban J connectivity index is 3.26. The van der Waals surface area contributed by atoms with E-state index in [0.29, 0.717) is 6.07 Å². The highest BCUT2D eigenvalue weighted by atomic mass is 19.1. The van der Waals surface area contributed by atoms with Gasteiger partial charge in [0, 0.05) is 11.6 Å². The molecule has 0 heterocycles. The standard InChI is InChI=1S/C9H8F2O3/c1-9(11,8(13)14)6-3-2-5(12)4-7(6)10/h2-4,12H,1H3,(H,13,14). The monoisotopic (exact) mass is 202 g/mol. The summed E-state index contributed by atoms with van der Waals surface area (Å²) in [5.41, 5.74) is -3.40. The Hall–Kier alpha value is -1.65. The van der Waals surface area contributed by atoms with E-state index in [4.69, 9.17) is 10.2 Å². The smallest absolute Gasteiger partial charge is 0.346 e. The minimum Gasteiger partial charge on any atom is -0.508 e. The number of carboxylic acids is 1. The molecule has 0 radical (unpaired) electrons. The van der Waals surface area contributed by atoms with Gasteiger partial charge >= 0.3 is 5.97 Å². The van der Waals surface area contributed by atoms with Crippen LogP contribution in [0.3, 0.4) is 0 Å². The van der Waals surface area contributed by atoms with Crippen LogP contribution in [0.25, 0.3) is 0 Å². The van der Waals surface area contributed by atoms with Crippen molar-refractivity contribution in [3.8, 4) is 5.75 Å². The minimum atomic E-state index is -2.79. The molecule has 0 aromatic heterocycles. The van der Waals surface area contributed by atoms with E-state index in [1.165, 1.54) is 0 Å². The van der Waals surface area contributed by atoms with Gasteiger partial charge in [0.2, 0.25) is 5.67 Å². The van der Waals surface area contributed by atoms with Gasteiger partial charge in [0.15, 0.2) is 0 Å². The topological polar surface area (TPSA) is 57.5 Å². The third-order valence-electron chi connectivity index (χ3n) is 1.86. The van der Waals surface area contributed by atoms with E-state index in [-0.39, 0.29) is 5.75 Å². The molecule has 1 unspecified atom stereocenters. The lowest BCUT2D eigenvalue weighted by molar-refractivity contribution is -0.150. The van der Waals surface area contributed by atoms with Crippen LogP contribution in [0.15, 0.2) is 18.2 Å². The fraction of sp³-hybridized carbons (Fsp3) is 0.222. The van der Waals surface area contributed by atoms with E-state index in [2.05, 4.69) is 0 Å². The first kappa shape index (κ1) is 10.4. The van der Waals surface area contributed by atoms with Gasteiger partial charge in [0.1, 0.15) is 11.6 Å². The van der Waals surface area contributed by atoms with Gasteiger partial charge in [-0.25, -0.2) is 13.6 Å². The number of rotatable bonds is 2. The van der Waals surface area contributed by atoms with Gasteiger partial charge in [0.25, 0.3) is 0 Å². The lowest BCUT2D eigenvalue weighted by Crippen LogP contribution is -2.28. The van der Waals surface area contributed by atoms with Crippen LogP contribution in [-0.4, -0.2) is 16.2 Å². The quantitative estimate of drug-likeness (QED) is 0.768. The van der Waals surface area contributed by atoms with Crippen LogP contribution in [0.2, 0.25) is 0 Å². The highest BCUT2D eigenvalue weighted by Gasteiger charge is 2.37. The third-order valence-corrected chi connectivity index (χ3v) is 1.86. The lowest BCUT2D eigenvalue weighted by Gasteiger charge is -2.15. The predicted molar refractivity (Wildman–Crippen MR) is 44.2 cm³/mol. The van der Waals surface area contributed by atoms with E-state index >= 15 is 0 Å². The Labute approximate surface area is 78.6 Å². The molecule has 76 valence electrons. The Morgan fingerprint density at radius 2 is 2.07 bits per heavy atom. The molecule has 0 saturated carbocycles. The van der Waals surface area contributed by atoms with Crippen LogP contribution in [0.4, 0.5) is 8.78 Å². The second-order valence-corrected chi connectivity index (χ2v) is 2.97. The molecule has 3 nitrogen and oxygen atoms in total. The summed E-state index contributed by atoms with van der Waals surface area (Å²) in [6, 6.07) is 2.59. The fourth-order valence-electron chi connectivity index (χ4n) is 1.000. The molecule has 0 spiro atoms. The van der Waals surface area contributed by atoms with Gasteiger partial charge in [-0.2, -0.15) is 0 Å². The maximum atomic E-state index is 13.4. The number of hydrogen-bond acceptors (Lipinski definition) is 2. The Morgan fingerprint density at radius 3 is 2.50 bits per heavy atom. The van der Waals surface area contributed by atoms with E-state index in [0.717, 1.165) is 19.1 Å². The SMILES string of the molecule is CC(F)(C(=O)O)c1ccc(O)cc1F. The number of aromatic hydroxyl groups is 1. The molecule has 1 aromatic carbocycles. The number of alkyl halides is 1. The second kappa shape index (κ2) is 3.25. The first-order chi connectivity index (χ1) is 6.35. The molecule has 0 bridgehead atoms. The second-order valence-electron chi connectivity index (χ2n) is 2.97. The molecule has 14 heavy (non-hydrogen) atoms. The van der Waals surface area contributed by atoms with Crippen LogP contribution in [0.1, 0.15) is 12.5 Å². The summed E-state index contributed by atoms with van der Waals surface area (Å²) in [5, 5.41) is 17.3. The molecule has 2 N–H and O–H groups in total. The summed E-state index contributed by atoms with van der Waals surface area (Å²) in [7, 11) is 0. The molecule has 1 aromatic rings. The number of aliphatic carboxylic acids is 1. The van der Waals surface area contributed by atoms with Gasteiger partial charge in [-0.15, -0.1) is 0 Å². The van der Waals surface area contributed by atoms with E-state index in [1.54, 1.807) is 0 Å². The highest BCUT2D eigenvalue weighted by molar-refractivity contribution is 5.78. The molecule has 0 aliphatic heterocycles. The minimum absolute atomic E-state index is 0.382. The van der Waals surface area contributed by atoms with Crippen molar-refractivity contribution in [1.82, 2.24) is 0 Å². The van der Waals surface area contributed by atoms with Crippen LogP contribution in [0.5, 0.6) is 5.75 Å². The lowest BCUT2D eigenvalue weighted by atomic mass is 9.97. The number of phenolic OH excluding ortho intramolecular Hbond substituents is 1. The van der Waals surface area contributed by atoms with Gasteiger partial charge in [-0.05, 0) is 19.1 Å². The maximum Gasteiger partial charge on any atom is 0.346 e. The molecule has 0 aliphatic rings. The first-order valence-corrected chi connectivity index (χ1v) is 3.77. The molecule has 5 heteroatoms. The van der Waals surface area contributed by atoms with Crippen molar-refractivity contribution in [2.45, 2.75) is 12.6 Å². The third kappa shape index (κ3) is 1.66. The van der Waals surface area contributed by atoms with Gasteiger partial charge in [0.05, 0.1) is 0 Å². The Bertz CT molecular complexity index is 374. The van der Waals surface area contributed by atoms with E-state index in [9.17, 15) is 13.6 Å². The molecular formula is C9H8F2O3. The van der Waals surface area contributed by atoms with Crippen LogP contribution < -0.4 is 0 Å². The van der Waals surface area contributed by atoms with Crippen LogP contribution in [0, 0.1) is 5.82 Å². The number of benzene rings is 1. The van der Waals surface area contributed by atoms with Crippen molar-refractivity contribution in [1.29, 1.82) is 0 Å². The molecule has 0 fully saturated rings. The normalized spacial score (nSPS) is 14.8. The van der Waals surface area contributed by atoms with Gasteiger partial charge < -0.3 is 10.2 Å². The number of hydrogen-bond donors (Lipinski definition) is 2. The van der Waals surface area contributed by atoms with Crippen molar-refractivity contribution >= 4 is 5.97 Å². The summed E-state index contributed by atoms with van der Waals surface area (Å²) in [5.74, 6) is -3.24. The Kier molecular flexibility index (Phi) is 2.42. The molecule has 0 saturated heterocycles. The Morgan fingerprint density at radius 1 is 1.50 bits per heavy atom. The van der Waals surface area contributed by atoms with Gasteiger partial charge in [-0.3, -0.25) is 0 Å². The van der Waals surface area contributed by atoms with E-state index in [1.807, 2.05) is 0 Å². The van der Waals surface area contributed by atoms with Crippen molar-refractivity contribution in [3.05, 3.63) is 29.6 Å². The fourth-order valence-corrected chi connectivity index (χ4v) is 1.000. The number of halogens is 2. The van der Waals surface area contributed by atoms with Gasteiger partial charge in [-0.1, -0.05) is 0 Å². The largest absolute Gasteiger partial charge is 0.508 e. The molecule has 0 aliphatic carbocycles. The molecular weight excluding hydrogens is 194 g/mol. The van der Waals surface area contributed by atoms with Crippen molar-refractivity contribution in [2.24, 2.45) is 0 Å². The van der Waals surface area contributed by atoms with Crippen LogP contribution in [-0.2, 0) is 10.5 Å². The zero-order valence-corrected chi connectivity index (χ0v) is 7.29. The summed E-state index contributed by atoms with van der Waals surface area (Å²) in [4.78, 5) is 10.5. The highest BCUT2D eigenvalue weighted by Crippen LogP contribution is 2.29. The summed E-state index contributed by atoms with van der Waals surface area (Å²) in [6.07, 6.45) is 0. The van der Waals surface area contributed by atoms with E-state index < -0.39 is 23.0 Å². The maximum absolute atomic E-state index is 13.4. The van der Waals surface area contributed by atoms with Crippen molar-refractivity contribution < 1.29 is 23.8 Å². The molecule has 1 rings (SSSR count). The summed E-state index contributed by atoms with van der Waals surface area (Å²) in [6.45, 7) is 0.741. The average Bonchev–Trinajstić information content (AvgIpc) is 2.02. The summed E-state index contributed by atoms with van der Waals surface area (Å²) >= 11 is 0. The number of phenols is 1. The first-order valence-electron chi connectivity index (χ1n) is 3.77. The summed E-state index contributed by atoms with van der Waals surface area (Å²) < 4.78 is 26.5. The van der Waals surface area contributed by atoms with Crippen molar-refractivity contribution in [3.63, 3.8) is 0 Å². The number of carbonyl (C=O) groups is 1. The predicted octanol–water partition coefficient (Wildman–Crippen LogP) is 1.80. The van der Waals surface area contributed by atoms with Crippen molar-refractivity contribution in [2.75, 3.05) is 0 Å². The van der Waals surface area contributed by atoms with Crippen LogP contribution >= 0.6 is 0 Å². The molecule has 0 amide bonds.